The Hall–Kier alpha value is -9.78. The van der Waals surface area contributed by atoms with Gasteiger partial charge >= 0.3 is 0 Å². The van der Waals surface area contributed by atoms with Gasteiger partial charge in [0.1, 0.15) is 0 Å². The van der Waals surface area contributed by atoms with E-state index in [2.05, 4.69) is 252 Å². The van der Waals surface area contributed by atoms with E-state index in [1.54, 1.807) is 0 Å². The molecular formula is C70H44N6. The van der Waals surface area contributed by atoms with E-state index in [0.29, 0.717) is 0 Å². The van der Waals surface area contributed by atoms with Gasteiger partial charge < -0.3 is 9.80 Å². The molecule has 0 N–H and O–H groups in total. The summed E-state index contributed by atoms with van der Waals surface area (Å²) in [6.07, 6.45) is 0. The molecule has 13 aromatic rings. The molecule has 0 unspecified atom stereocenters. The van der Waals surface area contributed by atoms with E-state index in [4.69, 9.17) is 19.9 Å². The number of nitrogens with zero attached hydrogens (tertiary/aromatic N) is 6. The monoisotopic (exact) mass is 968 g/mol. The van der Waals surface area contributed by atoms with Crippen molar-refractivity contribution >= 4 is 77.7 Å². The van der Waals surface area contributed by atoms with Gasteiger partial charge in [0.2, 0.25) is 0 Å². The van der Waals surface area contributed by atoms with Crippen LogP contribution in [0.15, 0.2) is 243 Å². The zero-order valence-corrected chi connectivity index (χ0v) is 41.1. The van der Waals surface area contributed by atoms with Gasteiger partial charge in [-0.1, -0.05) is 170 Å². The number of rotatable bonds is 6. The fraction of sp³-hybridized carbons (Fsp3) is 0.0571. The first kappa shape index (κ1) is 41.7. The molecular weight excluding hydrogens is 925 g/mol. The van der Waals surface area contributed by atoms with E-state index in [-0.39, 0.29) is 23.7 Å². The van der Waals surface area contributed by atoms with Crippen LogP contribution in [0.5, 0.6) is 0 Å². The van der Waals surface area contributed by atoms with E-state index < -0.39 is 0 Å². The van der Waals surface area contributed by atoms with Crippen molar-refractivity contribution in [3.63, 3.8) is 0 Å². The summed E-state index contributed by atoms with van der Waals surface area (Å²) >= 11 is 0. The summed E-state index contributed by atoms with van der Waals surface area (Å²) < 4.78 is 0. The Morgan fingerprint density at radius 1 is 0.224 bits per heavy atom. The van der Waals surface area contributed by atoms with Gasteiger partial charge in [0, 0.05) is 44.3 Å². The summed E-state index contributed by atoms with van der Waals surface area (Å²) in [5.41, 5.74) is 24.3. The van der Waals surface area contributed by atoms with Crippen molar-refractivity contribution in [3.05, 3.63) is 310 Å². The first-order valence-corrected chi connectivity index (χ1v) is 26.4. The second kappa shape index (κ2) is 15.9. The summed E-state index contributed by atoms with van der Waals surface area (Å²) in [5.74, 6) is -0.0797. The molecule has 2 aromatic heterocycles. The van der Waals surface area contributed by atoms with Crippen molar-refractivity contribution in [3.8, 4) is 0 Å². The normalized spacial score (nSPS) is 16.9. The van der Waals surface area contributed by atoms with Gasteiger partial charge in [-0.05, 0) is 117 Å². The van der Waals surface area contributed by atoms with Crippen molar-refractivity contribution in [1.82, 2.24) is 19.9 Å². The van der Waals surface area contributed by atoms with E-state index in [1.807, 2.05) is 0 Å². The maximum atomic E-state index is 5.80. The van der Waals surface area contributed by atoms with E-state index in [9.17, 15) is 0 Å². The summed E-state index contributed by atoms with van der Waals surface area (Å²) in [6, 6.07) is 88.1. The number of aromatic nitrogens is 4. The quantitative estimate of drug-likeness (QED) is 0.122. The summed E-state index contributed by atoms with van der Waals surface area (Å²) in [5, 5.41) is 4.18. The number of fused-ring (bicyclic) bond motifs is 4. The molecule has 0 saturated heterocycles. The highest BCUT2D eigenvalue weighted by atomic mass is 15.2. The van der Waals surface area contributed by atoms with Crippen LogP contribution in [0.2, 0.25) is 0 Å². The molecule has 0 radical (unpaired) electrons. The average Bonchev–Trinajstić information content (AvgIpc) is 3.53. The molecule has 4 bridgehead atoms. The minimum atomic E-state index is -0.0199. The largest absolute Gasteiger partial charge is 0.309 e. The number of anilines is 6. The van der Waals surface area contributed by atoms with Gasteiger partial charge in [-0.15, -0.1) is 0 Å². The number of hydrogen-bond donors (Lipinski definition) is 0. The molecule has 0 aliphatic heterocycles. The van der Waals surface area contributed by atoms with Crippen molar-refractivity contribution < 1.29 is 0 Å². The SMILES string of the molecule is c1ccc(N(c2ccccc2)c2c3cc4nc5c(nc4cc3c(N(c3ccccc3)c3ccccc3)c3cc4nc6c(nc4cc23)C2c3ccccc3C6c3ccccc32)C2c3ccccc3C5c3ccccc32)cc1. The third-order valence-electron chi connectivity index (χ3n) is 16.8. The minimum absolute atomic E-state index is 0.0199. The molecule has 6 nitrogen and oxygen atoms in total. The minimum Gasteiger partial charge on any atom is -0.309 e. The summed E-state index contributed by atoms with van der Waals surface area (Å²) in [4.78, 5) is 28.1. The molecule has 0 fully saturated rings. The lowest BCUT2D eigenvalue weighted by Crippen LogP contribution is -2.29. The van der Waals surface area contributed by atoms with Crippen LogP contribution in [0.25, 0.3) is 43.6 Å². The molecule has 0 saturated carbocycles. The predicted octanol–water partition coefficient (Wildman–Crippen LogP) is 16.8. The van der Waals surface area contributed by atoms with E-state index in [1.165, 1.54) is 44.5 Å². The highest BCUT2D eigenvalue weighted by Gasteiger charge is 2.45. The van der Waals surface area contributed by atoms with Crippen molar-refractivity contribution in [2.75, 3.05) is 9.80 Å². The molecule has 11 aromatic carbocycles. The van der Waals surface area contributed by atoms with Gasteiger partial charge in [-0.25, -0.2) is 19.9 Å². The maximum absolute atomic E-state index is 5.80. The predicted molar refractivity (Wildman–Crippen MR) is 307 cm³/mol. The molecule has 6 heteroatoms. The second-order valence-electron chi connectivity index (χ2n) is 20.7. The van der Waals surface area contributed by atoms with Crippen LogP contribution in [-0.4, -0.2) is 19.9 Å². The van der Waals surface area contributed by atoms with Crippen LogP contribution in [0.1, 0.15) is 91.0 Å². The third kappa shape index (κ3) is 5.81. The number of para-hydroxylation sites is 4. The molecule has 0 spiro atoms. The van der Waals surface area contributed by atoms with Crippen LogP contribution in [0, 0.1) is 0 Å². The van der Waals surface area contributed by atoms with Gasteiger partial charge in [0.05, 0.1) is 79.9 Å². The lowest BCUT2D eigenvalue weighted by molar-refractivity contribution is 0.709. The Morgan fingerprint density at radius 2 is 0.408 bits per heavy atom. The molecule has 6 aliphatic carbocycles. The lowest BCUT2D eigenvalue weighted by Gasteiger charge is -2.40. The zero-order valence-electron chi connectivity index (χ0n) is 41.1. The Labute approximate surface area is 438 Å². The fourth-order valence-corrected chi connectivity index (χ4v) is 13.8. The van der Waals surface area contributed by atoms with Crippen LogP contribution >= 0.6 is 0 Å². The van der Waals surface area contributed by atoms with Crippen LogP contribution < -0.4 is 9.80 Å². The molecule has 354 valence electrons. The van der Waals surface area contributed by atoms with Crippen LogP contribution in [0.4, 0.5) is 34.1 Å². The first-order valence-electron chi connectivity index (χ1n) is 26.4. The van der Waals surface area contributed by atoms with E-state index in [0.717, 1.165) is 101 Å². The summed E-state index contributed by atoms with van der Waals surface area (Å²) in [6.45, 7) is 0. The van der Waals surface area contributed by atoms with Crippen LogP contribution in [-0.2, 0) is 0 Å². The van der Waals surface area contributed by atoms with Gasteiger partial charge in [0.25, 0.3) is 0 Å². The Morgan fingerprint density at radius 3 is 0.605 bits per heavy atom. The van der Waals surface area contributed by atoms with E-state index >= 15 is 0 Å². The van der Waals surface area contributed by atoms with Gasteiger partial charge in [0.15, 0.2) is 0 Å². The Balaban J connectivity index is 1.04. The average molecular weight is 969 g/mol. The standard InChI is InChI=1S/C70H44N6/c1-5-21-41(22-6-1)75(42-23-7-2-8-24-42)69-53-37-57-59(73-67-63-49-33-17-13-29-45(49)61(65(67)71-57)46-30-14-18-34-50(46)63)39-55(53)70(76(43-25-9-3-10-26-43)44-27-11-4-12-28-44)56-40-60-58(38-54(56)69)72-66-62-47-31-15-19-35-51(47)64(68(66)74-60)52-36-20-16-32-48(52)62/h1-40,61-64H. The molecule has 0 amide bonds. The van der Waals surface area contributed by atoms with Crippen molar-refractivity contribution in [1.29, 1.82) is 0 Å². The fourth-order valence-electron chi connectivity index (χ4n) is 13.8. The Kier molecular flexibility index (Phi) is 8.70. The number of hydrogen-bond acceptors (Lipinski definition) is 6. The smallest absolute Gasteiger partial charge is 0.0898 e. The molecule has 19 rings (SSSR count). The lowest BCUT2D eigenvalue weighted by atomic mass is 9.64. The van der Waals surface area contributed by atoms with Crippen molar-refractivity contribution in [2.24, 2.45) is 0 Å². The highest BCUT2D eigenvalue weighted by molar-refractivity contribution is 6.26. The van der Waals surface area contributed by atoms with Gasteiger partial charge in [-0.2, -0.15) is 0 Å². The zero-order chi connectivity index (χ0) is 49.6. The number of benzene rings is 11. The second-order valence-corrected chi connectivity index (χ2v) is 20.7. The topological polar surface area (TPSA) is 58.0 Å². The van der Waals surface area contributed by atoms with Crippen molar-refractivity contribution in [2.45, 2.75) is 23.7 Å². The maximum Gasteiger partial charge on any atom is 0.0898 e. The first-order chi connectivity index (χ1) is 37.7. The van der Waals surface area contributed by atoms with Crippen LogP contribution in [0.3, 0.4) is 0 Å². The molecule has 0 atom stereocenters. The highest BCUT2D eigenvalue weighted by Crippen LogP contribution is 2.58. The molecule has 2 heterocycles. The van der Waals surface area contributed by atoms with Gasteiger partial charge in [-0.3, -0.25) is 0 Å². The molecule has 76 heavy (non-hydrogen) atoms. The third-order valence-corrected chi connectivity index (χ3v) is 16.8. The Bertz CT molecular complexity index is 3890. The summed E-state index contributed by atoms with van der Waals surface area (Å²) in [7, 11) is 0. The molecule has 6 aliphatic rings.